The zero-order chi connectivity index (χ0) is 22.4. The fourth-order valence-corrected chi connectivity index (χ4v) is 4.28. The molecule has 8 nitrogen and oxygen atoms in total. The highest BCUT2D eigenvalue weighted by molar-refractivity contribution is 7.78. The third-order valence-corrected chi connectivity index (χ3v) is 6.01. The second kappa shape index (κ2) is 10.3. The van der Waals surface area contributed by atoms with Gasteiger partial charge in [0, 0.05) is 11.8 Å². The Morgan fingerprint density at radius 3 is 2.29 bits per heavy atom. The number of anilines is 2. The van der Waals surface area contributed by atoms with Gasteiger partial charge in [-0.25, -0.2) is 4.79 Å². The van der Waals surface area contributed by atoms with E-state index >= 15 is 0 Å². The molecule has 3 rings (SSSR count). The van der Waals surface area contributed by atoms with E-state index in [1.807, 2.05) is 25.1 Å². The number of urea groups is 1. The molecule has 164 valence electrons. The highest BCUT2D eigenvalue weighted by atomic mass is 32.1. The highest BCUT2D eigenvalue weighted by Crippen LogP contribution is 2.32. The summed E-state index contributed by atoms with van der Waals surface area (Å²) in [6.07, 6.45) is 4.67. The van der Waals surface area contributed by atoms with Crippen molar-refractivity contribution in [2.75, 3.05) is 10.6 Å². The first-order chi connectivity index (χ1) is 14.9. The van der Waals surface area contributed by atoms with Gasteiger partial charge in [0.05, 0.1) is 4.92 Å². The van der Waals surface area contributed by atoms with Crippen LogP contribution in [-0.4, -0.2) is 27.2 Å². The minimum atomic E-state index is -0.814. The molecule has 1 fully saturated rings. The first-order valence-corrected chi connectivity index (χ1v) is 10.7. The molecular formula is C22H26N4O4S. The minimum Gasteiger partial charge on any atom is -0.324 e. The minimum absolute atomic E-state index is 0.0493. The summed E-state index contributed by atoms with van der Waals surface area (Å²) in [4.78, 5) is 36.9. The van der Waals surface area contributed by atoms with Crippen LogP contribution in [0.15, 0.2) is 48.5 Å². The first-order valence-electron chi connectivity index (χ1n) is 10.3. The van der Waals surface area contributed by atoms with Crippen molar-refractivity contribution in [3.8, 4) is 0 Å². The van der Waals surface area contributed by atoms with Crippen molar-refractivity contribution in [2.45, 2.75) is 45.1 Å². The van der Waals surface area contributed by atoms with Gasteiger partial charge in [0.15, 0.2) is 0 Å². The van der Waals surface area contributed by atoms with Gasteiger partial charge in [0.1, 0.15) is 11.7 Å². The fraction of sp³-hybridized carbons (Fsp3) is 0.364. The maximum absolute atomic E-state index is 13.2. The number of amides is 3. The lowest BCUT2D eigenvalue weighted by Crippen LogP contribution is -2.49. The molecule has 0 saturated heterocycles. The van der Waals surface area contributed by atoms with Crippen molar-refractivity contribution in [1.82, 2.24) is 4.31 Å². The van der Waals surface area contributed by atoms with Gasteiger partial charge in [0.2, 0.25) is 5.91 Å². The molecule has 0 bridgehead atoms. The van der Waals surface area contributed by atoms with E-state index in [1.54, 1.807) is 12.1 Å². The predicted octanol–water partition coefficient (Wildman–Crippen LogP) is 5.17. The molecule has 1 aliphatic carbocycles. The van der Waals surface area contributed by atoms with Gasteiger partial charge in [-0.15, -0.1) is 0 Å². The highest BCUT2D eigenvalue weighted by Gasteiger charge is 2.36. The summed E-state index contributed by atoms with van der Waals surface area (Å²) >= 11 is 4.37. The number of carbonyl (C=O) groups is 2. The molecule has 0 spiro atoms. The van der Waals surface area contributed by atoms with Crippen LogP contribution in [0.2, 0.25) is 0 Å². The summed E-state index contributed by atoms with van der Waals surface area (Å²) in [6.45, 7) is 1.89. The molecule has 2 N–H and O–H groups in total. The van der Waals surface area contributed by atoms with Crippen molar-refractivity contribution in [2.24, 2.45) is 5.92 Å². The van der Waals surface area contributed by atoms with Gasteiger partial charge in [-0.2, -0.15) is 0 Å². The van der Waals surface area contributed by atoms with Crippen LogP contribution < -0.4 is 10.6 Å². The standard InChI is InChI=1S/C22H26N4O4S/c1-15-9-5-6-12-17(15)23-21(27)20(16-10-3-2-4-11-16)25(31)22(28)24-18-13-7-8-14-19(18)26(29)30/h5-9,12-14,16,20,31H,2-4,10-11H2,1H3,(H,23,27)(H,24,28). The SMILES string of the molecule is Cc1ccccc1NC(=O)C(C1CCCCC1)N(S)C(=O)Nc1ccccc1[N+](=O)[O-]. The zero-order valence-electron chi connectivity index (χ0n) is 17.3. The number of aryl methyl sites for hydroxylation is 1. The molecule has 3 amide bonds. The third-order valence-electron chi connectivity index (χ3n) is 5.58. The second-order valence-corrected chi connectivity index (χ2v) is 8.13. The van der Waals surface area contributed by atoms with E-state index in [0.29, 0.717) is 5.69 Å². The van der Waals surface area contributed by atoms with Gasteiger partial charge < -0.3 is 10.6 Å². The number of rotatable bonds is 6. The smallest absolute Gasteiger partial charge is 0.324 e. The van der Waals surface area contributed by atoms with Crippen LogP contribution in [0.4, 0.5) is 21.9 Å². The summed E-state index contributed by atoms with van der Waals surface area (Å²) < 4.78 is 1.07. The normalized spacial score (nSPS) is 15.0. The van der Waals surface area contributed by atoms with E-state index in [9.17, 15) is 19.7 Å². The Morgan fingerprint density at radius 1 is 1.03 bits per heavy atom. The molecule has 2 aromatic carbocycles. The van der Waals surface area contributed by atoms with E-state index in [0.717, 1.165) is 42.0 Å². The third kappa shape index (κ3) is 5.55. The van der Waals surface area contributed by atoms with Gasteiger partial charge in [0.25, 0.3) is 5.69 Å². The average molecular weight is 443 g/mol. The molecule has 0 aromatic heterocycles. The quantitative estimate of drug-likeness (QED) is 0.326. The number of para-hydroxylation sites is 3. The summed E-state index contributed by atoms with van der Waals surface area (Å²) in [7, 11) is 0. The number of nitrogens with one attached hydrogen (secondary N) is 2. The lowest BCUT2D eigenvalue weighted by atomic mass is 9.83. The Balaban J connectivity index is 1.83. The number of hydrogen-bond acceptors (Lipinski definition) is 5. The van der Waals surface area contributed by atoms with Crippen molar-refractivity contribution in [3.63, 3.8) is 0 Å². The molecule has 1 aliphatic rings. The van der Waals surface area contributed by atoms with Crippen molar-refractivity contribution in [3.05, 3.63) is 64.2 Å². The fourth-order valence-electron chi connectivity index (χ4n) is 3.93. The molecule has 1 saturated carbocycles. The van der Waals surface area contributed by atoms with Crippen molar-refractivity contribution in [1.29, 1.82) is 0 Å². The lowest BCUT2D eigenvalue weighted by Gasteiger charge is -2.34. The Morgan fingerprint density at radius 2 is 1.65 bits per heavy atom. The van der Waals surface area contributed by atoms with Crippen molar-refractivity contribution >= 4 is 41.8 Å². The van der Waals surface area contributed by atoms with Crippen molar-refractivity contribution < 1.29 is 14.5 Å². The van der Waals surface area contributed by atoms with Crippen LogP contribution in [0, 0.1) is 23.0 Å². The summed E-state index contributed by atoms with van der Waals surface area (Å²) in [5.74, 6) is -0.374. The van der Waals surface area contributed by atoms with E-state index in [-0.39, 0.29) is 23.2 Å². The van der Waals surface area contributed by atoms with E-state index in [2.05, 4.69) is 23.4 Å². The maximum atomic E-state index is 13.2. The van der Waals surface area contributed by atoms with Crippen LogP contribution in [-0.2, 0) is 4.79 Å². The Bertz CT molecular complexity index is 962. The van der Waals surface area contributed by atoms with E-state index in [1.165, 1.54) is 18.2 Å². The van der Waals surface area contributed by atoms with Gasteiger partial charge in [-0.05, 0) is 43.4 Å². The number of nitro groups is 1. The molecule has 0 aliphatic heterocycles. The van der Waals surface area contributed by atoms with Crippen LogP contribution in [0.25, 0.3) is 0 Å². The topological polar surface area (TPSA) is 105 Å². The summed E-state index contributed by atoms with van der Waals surface area (Å²) in [5.41, 5.74) is 1.41. The maximum Gasteiger partial charge on any atom is 0.332 e. The van der Waals surface area contributed by atoms with Crippen LogP contribution in [0.3, 0.4) is 0 Å². The van der Waals surface area contributed by atoms with Gasteiger partial charge in [-0.1, -0.05) is 62.4 Å². The number of carbonyl (C=O) groups excluding carboxylic acids is 2. The van der Waals surface area contributed by atoms with Crippen LogP contribution >= 0.6 is 12.8 Å². The number of nitro benzene ring substituents is 1. The molecule has 1 atom stereocenters. The molecular weight excluding hydrogens is 416 g/mol. The second-order valence-electron chi connectivity index (χ2n) is 7.70. The number of nitrogens with zero attached hydrogens (tertiary/aromatic N) is 2. The van der Waals surface area contributed by atoms with Crippen LogP contribution in [0.5, 0.6) is 0 Å². The number of thiol groups is 1. The summed E-state index contributed by atoms with van der Waals surface area (Å²) in [5, 5.41) is 16.7. The van der Waals surface area contributed by atoms with E-state index < -0.39 is 17.0 Å². The lowest BCUT2D eigenvalue weighted by molar-refractivity contribution is -0.383. The monoisotopic (exact) mass is 442 g/mol. The summed E-state index contributed by atoms with van der Waals surface area (Å²) in [6, 6.07) is 11.8. The molecule has 0 heterocycles. The Hall–Kier alpha value is -3.07. The molecule has 2 aromatic rings. The zero-order valence-corrected chi connectivity index (χ0v) is 18.2. The number of benzene rings is 2. The Labute approximate surface area is 186 Å². The number of hydrogen-bond donors (Lipinski definition) is 3. The molecule has 1 unspecified atom stereocenters. The van der Waals surface area contributed by atoms with E-state index in [4.69, 9.17) is 0 Å². The molecule has 0 radical (unpaired) electrons. The Kier molecular flexibility index (Phi) is 7.51. The van der Waals surface area contributed by atoms with Gasteiger partial charge >= 0.3 is 6.03 Å². The van der Waals surface area contributed by atoms with Gasteiger partial charge in [-0.3, -0.25) is 19.2 Å². The van der Waals surface area contributed by atoms with Crippen LogP contribution in [0.1, 0.15) is 37.7 Å². The molecule has 9 heteroatoms. The predicted molar refractivity (Wildman–Crippen MR) is 123 cm³/mol. The largest absolute Gasteiger partial charge is 0.332 e. The first kappa shape index (κ1) is 22.6. The average Bonchev–Trinajstić information content (AvgIpc) is 2.76. The molecule has 31 heavy (non-hydrogen) atoms.